The summed E-state index contributed by atoms with van der Waals surface area (Å²) in [5.74, 6) is 2.63. The van der Waals surface area contributed by atoms with Gasteiger partial charge in [0.2, 0.25) is 0 Å². The van der Waals surface area contributed by atoms with E-state index in [4.69, 9.17) is 4.74 Å². The lowest BCUT2D eigenvalue weighted by Gasteiger charge is -2.40. The molecule has 2 aromatic heterocycles. The number of anilines is 1. The molecule has 2 N–H and O–H groups in total. The van der Waals surface area contributed by atoms with Crippen LogP contribution in [0.3, 0.4) is 0 Å². The summed E-state index contributed by atoms with van der Waals surface area (Å²) < 4.78 is 19.7. The molecule has 4 heterocycles. The Balaban J connectivity index is 1.26. The molecule has 0 amide bonds. The highest BCUT2D eigenvalue weighted by Gasteiger charge is 2.43. The Bertz CT molecular complexity index is 1160. The topological polar surface area (TPSA) is 66.1 Å². The van der Waals surface area contributed by atoms with E-state index in [9.17, 15) is 4.39 Å². The molecular weight excluding hydrogens is 405 g/mol. The van der Waals surface area contributed by atoms with Crippen molar-refractivity contribution in [3.8, 4) is 0 Å². The number of nitrogens with zero attached hydrogens (tertiary/aromatic N) is 3. The Kier molecular flexibility index (Phi) is 4.31. The van der Waals surface area contributed by atoms with Crippen molar-refractivity contribution >= 4 is 16.9 Å². The average molecular weight is 434 g/mol. The average Bonchev–Trinajstić information content (AvgIpc) is 3.20. The first-order valence-corrected chi connectivity index (χ1v) is 11.9. The summed E-state index contributed by atoms with van der Waals surface area (Å²) in [6, 6.07) is 7.92. The van der Waals surface area contributed by atoms with Gasteiger partial charge in [-0.05, 0) is 60.9 Å². The molecule has 32 heavy (non-hydrogen) atoms. The number of aromatic amines is 1. The third-order valence-electron chi connectivity index (χ3n) is 8.03. The third-order valence-corrected chi connectivity index (χ3v) is 8.03. The van der Waals surface area contributed by atoms with E-state index in [1.165, 1.54) is 24.1 Å². The fraction of sp³-hybridized carbons (Fsp3) is 0.520. The molecule has 3 fully saturated rings. The predicted octanol–water partition coefficient (Wildman–Crippen LogP) is 4.02. The van der Waals surface area contributed by atoms with Crippen molar-refractivity contribution in [3.63, 3.8) is 0 Å². The number of aryl methyl sites for hydroxylation is 1. The summed E-state index contributed by atoms with van der Waals surface area (Å²) in [5, 5.41) is 4.85. The summed E-state index contributed by atoms with van der Waals surface area (Å²) in [4.78, 5) is 15.3. The standard InChI is InChI=1S/C25H28FN5O/c26-18-4-5-19-15(7-18)3-6-22(31-9-16-11-32-12-17(16)10-31)23(19)30-25-20-8-21(14-1-2-14)29-24(20)27-13-28-25/h4-5,7-8,13-14,16-17,22-23H,1-3,6,9-12H2,(H2,27,28,29,30)/t16-,17-,22-,23-/m0/s1. The zero-order valence-corrected chi connectivity index (χ0v) is 18.1. The molecule has 0 spiro atoms. The van der Waals surface area contributed by atoms with E-state index in [2.05, 4.69) is 31.2 Å². The summed E-state index contributed by atoms with van der Waals surface area (Å²) >= 11 is 0. The molecule has 2 saturated heterocycles. The minimum absolute atomic E-state index is 0.0662. The van der Waals surface area contributed by atoms with E-state index in [1.807, 2.05) is 6.07 Å². The van der Waals surface area contributed by atoms with Gasteiger partial charge in [-0.2, -0.15) is 0 Å². The van der Waals surface area contributed by atoms with Gasteiger partial charge in [0, 0.05) is 36.7 Å². The normalized spacial score (nSPS) is 29.9. The van der Waals surface area contributed by atoms with E-state index < -0.39 is 0 Å². The zero-order chi connectivity index (χ0) is 21.2. The predicted molar refractivity (Wildman–Crippen MR) is 120 cm³/mol. The summed E-state index contributed by atoms with van der Waals surface area (Å²) in [6.45, 7) is 3.93. The number of ether oxygens (including phenoxy) is 1. The van der Waals surface area contributed by atoms with Gasteiger partial charge < -0.3 is 15.0 Å². The molecule has 4 atom stereocenters. The van der Waals surface area contributed by atoms with Gasteiger partial charge in [-0.1, -0.05) is 6.07 Å². The van der Waals surface area contributed by atoms with Crippen LogP contribution in [0.5, 0.6) is 0 Å². The fourth-order valence-electron chi connectivity index (χ4n) is 6.17. The van der Waals surface area contributed by atoms with Gasteiger partial charge in [0.25, 0.3) is 0 Å². The van der Waals surface area contributed by atoms with Crippen LogP contribution in [0.15, 0.2) is 30.6 Å². The largest absolute Gasteiger partial charge is 0.381 e. The number of halogens is 1. The van der Waals surface area contributed by atoms with Crippen LogP contribution < -0.4 is 5.32 Å². The molecule has 4 aliphatic rings. The van der Waals surface area contributed by atoms with Crippen LogP contribution in [-0.4, -0.2) is 52.2 Å². The molecular formula is C25H28FN5O. The smallest absolute Gasteiger partial charge is 0.143 e. The van der Waals surface area contributed by atoms with Crippen molar-refractivity contribution in [2.75, 3.05) is 31.6 Å². The highest BCUT2D eigenvalue weighted by molar-refractivity contribution is 5.88. The Hall–Kier alpha value is -2.51. The van der Waals surface area contributed by atoms with E-state index >= 15 is 0 Å². The van der Waals surface area contributed by atoms with Gasteiger partial charge in [0.15, 0.2) is 0 Å². The molecule has 166 valence electrons. The fourth-order valence-corrected chi connectivity index (χ4v) is 6.17. The highest BCUT2D eigenvalue weighted by atomic mass is 19.1. The molecule has 7 rings (SSSR count). The van der Waals surface area contributed by atoms with Crippen molar-refractivity contribution in [1.29, 1.82) is 0 Å². The third kappa shape index (κ3) is 3.13. The first-order valence-electron chi connectivity index (χ1n) is 11.9. The minimum atomic E-state index is -0.155. The van der Waals surface area contributed by atoms with Crippen LogP contribution in [0.25, 0.3) is 11.0 Å². The number of fused-ring (bicyclic) bond motifs is 3. The van der Waals surface area contributed by atoms with Crippen LogP contribution in [0, 0.1) is 17.7 Å². The quantitative estimate of drug-likeness (QED) is 0.651. The zero-order valence-electron chi connectivity index (χ0n) is 18.1. The van der Waals surface area contributed by atoms with E-state index in [1.54, 1.807) is 18.5 Å². The Morgan fingerprint density at radius 2 is 1.91 bits per heavy atom. The number of hydrogen-bond donors (Lipinski definition) is 2. The summed E-state index contributed by atoms with van der Waals surface area (Å²) in [7, 11) is 0. The first-order chi connectivity index (χ1) is 15.7. The van der Waals surface area contributed by atoms with Crippen molar-refractivity contribution in [1.82, 2.24) is 19.9 Å². The van der Waals surface area contributed by atoms with Gasteiger partial charge in [-0.3, -0.25) is 4.90 Å². The molecule has 2 aliphatic carbocycles. The Morgan fingerprint density at radius 3 is 2.72 bits per heavy atom. The number of H-pyrrole nitrogens is 1. The second-order valence-corrected chi connectivity index (χ2v) is 10.1. The van der Waals surface area contributed by atoms with E-state index in [0.717, 1.165) is 61.6 Å². The summed E-state index contributed by atoms with van der Waals surface area (Å²) in [6.07, 6.45) is 6.05. The SMILES string of the molecule is Fc1ccc2c(c1)CC[C@H](N1C[C@H]3COC[C@@H]3C1)[C@H]2Nc1ncnc2[nH]c(C3CC3)cc12. The molecule has 7 heteroatoms. The molecule has 2 aliphatic heterocycles. The van der Waals surface area contributed by atoms with Crippen LogP contribution in [-0.2, 0) is 11.2 Å². The second-order valence-electron chi connectivity index (χ2n) is 10.1. The molecule has 1 aromatic carbocycles. The van der Waals surface area contributed by atoms with Gasteiger partial charge in [0.1, 0.15) is 23.6 Å². The maximum atomic E-state index is 14.0. The maximum absolute atomic E-state index is 14.0. The van der Waals surface area contributed by atoms with Crippen LogP contribution in [0.1, 0.15) is 48.0 Å². The van der Waals surface area contributed by atoms with E-state index in [0.29, 0.717) is 23.8 Å². The molecule has 0 radical (unpaired) electrons. The number of likely N-dealkylation sites (tertiary alicyclic amines) is 1. The van der Waals surface area contributed by atoms with Crippen LogP contribution >= 0.6 is 0 Å². The number of nitrogens with one attached hydrogen (secondary N) is 2. The maximum Gasteiger partial charge on any atom is 0.143 e. The van der Waals surface area contributed by atoms with Crippen LogP contribution in [0.4, 0.5) is 10.2 Å². The number of hydrogen-bond acceptors (Lipinski definition) is 5. The number of benzene rings is 1. The highest BCUT2D eigenvalue weighted by Crippen LogP contribution is 2.43. The monoisotopic (exact) mass is 433 g/mol. The summed E-state index contributed by atoms with van der Waals surface area (Å²) in [5.41, 5.74) is 4.46. The molecule has 0 bridgehead atoms. The lowest BCUT2D eigenvalue weighted by Crippen LogP contribution is -2.44. The second kappa shape index (κ2) is 7.25. The van der Waals surface area contributed by atoms with Crippen molar-refractivity contribution < 1.29 is 9.13 Å². The van der Waals surface area contributed by atoms with Gasteiger partial charge in [-0.15, -0.1) is 0 Å². The minimum Gasteiger partial charge on any atom is -0.381 e. The van der Waals surface area contributed by atoms with Gasteiger partial charge in [-0.25, -0.2) is 14.4 Å². The van der Waals surface area contributed by atoms with Crippen molar-refractivity contribution in [2.45, 2.75) is 43.7 Å². The van der Waals surface area contributed by atoms with Crippen molar-refractivity contribution in [2.24, 2.45) is 11.8 Å². The lowest BCUT2D eigenvalue weighted by molar-refractivity contribution is 0.127. The molecule has 6 nitrogen and oxygen atoms in total. The molecule has 1 saturated carbocycles. The molecule has 3 aromatic rings. The van der Waals surface area contributed by atoms with Crippen LogP contribution in [0.2, 0.25) is 0 Å². The lowest BCUT2D eigenvalue weighted by atomic mass is 9.83. The van der Waals surface area contributed by atoms with Gasteiger partial charge >= 0.3 is 0 Å². The van der Waals surface area contributed by atoms with E-state index in [-0.39, 0.29) is 11.9 Å². The van der Waals surface area contributed by atoms with Crippen molar-refractivity contribution in [3.05, 3.63) is 53.2 Å². The first kappa shape index (κ1) is 19.0. The Morgan fingerprint density at radius 1 is 1.06 bits per heavy atom. The number of rotatable bonds is 4. The number of aromatic nitrogens is 3. The molecule has 0 unspecified atom stereocenters. The Labute approximate surface area is 186 Å². The van der Waals surface area contributed by atoms with Gasteiger partial charge in [0.05, 0.1) is 24.6 Å².